The Hall–Kier alpha value is -3.16. The number of alkyl halides is 6. The van der Waals surface area contributed by atoms with Crippen LogP contribution in [0.25, 0.3) is 0 Å². The van der Waals surface area contributed by atoms with Crippen molar-refractivity contribution in [3.63, 3.8) is 0 Å². The molecular weight excluding hydrogens is 520 g/mol. The maximum absolute atomic E-state index is 12.7. The molecule has 2 heterocycles. The van der Waals surface area contributed by atoms with Crippen molar-refractivity contribution in [2.45, 2.75) is 31.9 Å². The topological polar surface area (TPSA) is 98.1 Å². The first-order chi connectivity index (χ1) is 17.8. The number of aliphatic imine (C=N–C) groups is 1. The van der Waals surface area contributed by atoms with E-state index in [4.69, 9.17) is 5.41 Å². The minimum atomic E-state index is -5.77. The van der Waals surface area contributed by atoms with Crippen LogP contribution in [0, 0.1) is 23.2 Å². The van der Waals surface area contributed by atoms with Gasteiger partial charge in [0.2, 0.25) is 0 Å². The van der Waals surface area contributed by atoms with Crippen LogP contribution in [0.3, 0.4) is 0 Å². The molecule has 3 rings (SSSR count). The largest absolute Gasteiger partial charge is 0.434 e. The molecule has 8 nitrogen and oxygen atoms in total. The molecule has 0 spiro atoms. The molecule has 14 heteroatoms. The van der Waals surface area contributed by atoms with Crippen LogP contribution in [0.2, 0.25) is 0 Å². The minimum Gasteiger partial charge on any atom is -0.426 e. The Morgan fingerprint density at radius 2 is 1.66 bits per heavy atom. The average molecular weight is 550 g/mol. The van der Waals surface area contributed by atoms with Crippen molar-refractivity contribution in [3.8, 4) is 0 Å². The monoisotopic (exact) mass is 549 g/mol. The second kappa shape index (κ2) is 12.1. The summed E-state index contributed by atoms with van der Waals surface area (Å²) in [6.45, 7) is 3.48. The summed E-state index contributed by atoms with van der Waals surface area (Å²) < 4.78 is 80.2. The first-order valence-corrected chi connectivity index (χ1v) is 12.0. The van der Waals surface area contributed by atoms with Gasteiger partial charge in [0.15, 0.2) is 0 Å². The van der Waals surface area contributed by atoms with Gasteiger partial charge in [0.05, 0.1) is 5.92 Å². The molecule has 1 aromatic rings. The second-order valence-corrected chi connectivity index (χ2v) is 9.33. The van der Waals surface area contributed by atoms with E-state index in [-0.39, 0.29) is 43.7 Å². The van der Waals surface area contributed by atoms with E-state index in [0.717, 1.165) is 10.5 Å². The van der Waals surface area contributed by atoms with Crippen LogP contribution in [0.1, 0.15) is 12.5 Å². The maximum atomic E-state index is 12.7. The fourth-order valence-electron chi connectivity index (χ4n) is 4.65. The zero-order valence-corrected chi connectivity index (χ0v) is 20.6. The lowest BCUT2D eigenvalue weighted by molar-refractivity contribution is -0.308. The van der Waals surface area contributed by atoms with Gasteiger partial charge >= 0.3 is 18.4 Å². The van der Waals surface area contributed by atoms with Gasteiger partial charge in [0, 0.05) is 52.0 Å². The number of ether oxygens (including phenoxy) is 1. The van der Waals surface area contributed by atoms with Crippen LogP contribution in [-0.4, -0.2) is 91.5 Å². The van der Waals surface area contributed by atoms with Crippen molar-refractivity contribution in [2.75, 3.05) is 39.3 Å². The highest BCUT2D eigenvalue weighted by Crippen LogP contribution is 2.37. The highest BCUT2D eigenvalue weighted by molar-refractivity contribution is 6.40. The second-order valence-electron chi connectivity index (χ2n) is 9.33. The van der Waals surface area contributed by atoms with Gasteiger partial charge in [-0.2, -0.15) is 26.3 Å². The van der Waals surface area contributed by atoms with Gasteiger partial charge < -0.3 is 19.9 Å². The standard InChI is InChI=1S/C24H29F6N5O3/c1-2-32-9-16(19(31)20(36)33-8-15-6-4-3-5-7-15)10-34-11-17-13-35(14-18(17)12-34)22(37)38-21(23(25,26)27)24(28,29)30/h3-7,9,16-18,21,31H,2,8,10-14H2,1H3,(H,33,36). The number of carbonyl (C=O) groups is 2. The molecule has 1 aromatic carbocycles. The van der Waals surface area contributed by atoms with Gasteiger partial charge in [-0.1, -0.05) is 30.3 Å². The van der Waals surface area contributed by atoms with Gasteiger partial charge in [-0.25, -0.2) is 4.79 Å². The number of amides is 2. The molecule has 38 heavy (non-hydrogen) atoms. The van der Waals surface area contributed by atoms with Crippen molar-refractivity contribution in [2.24, 2.45) is 22.7 Å². The summed E-state index contributed by atoms with van der Waals surface area (Å²) in [7, 11) is 0. The van der Waals surface area contributed by atoms with E-state index < -0.39 is 36.4 Å². The summed E-state index contributed by atoms with van der Waals surface area (Å²) in [4.78, 5) is 31.7. The minimum absolute atomic E-state index is 0.0504. The molecule has 0 saturated carbocycles. The molecule has 0 radical (unpaired) electrons. The van der Waals surface area contributed by atoms with E-state index in [2.05, 4.69) is 15.0 Å². The summed E-state index contributed by atoms with van der Waals surface area (Å²) in [5, 5.41) is 11.1. The third-order valence-corrected chi connectivity index (χ3v) is 6.47. The first-order valence-electron chi connectivity index (χ1n) is 12.0. The maximum Gasteiger partial charge on any atom is 0.434 e. The smallest absolute Gasteiger partial charge is 0.426 e. The third-order valence-electron chi connectivity index (χ3n) is 6.47. The molecule has 0 bridgehead atoms. The van der Waals surface area contributed by atoms with Crippen LogP contribution in [0.15, 0.2) is 35.3 Å². The predicted octanol–water partition coefficient (Wildman–Crippen LogP) is 3.52. The number of rotatable bonds is 9. The zero-order chi connectivity index (χ0) is 28.1. The molecule has 0 aromatic heterocycles. The Kier molecular flexibility index (Phi) is 9.39. The summed E-state index contributed by atoms with van der Waals surface area (Å²) in [6.07, 6.45) is -15.8. The van der Waals surface area contributed by atoms with Crippen LogP contribution < -0.4 is 5.32 Å². The fourth-order valence-corrected chi connectivity index (χ4v) is 4.65. The van der Waals surface area contributed by atoms with Gasteiger partial charge in [0.1, 0.15) is 5.71 Å². The Bertz CT molecular complexity index is 989. The number of likely N-dealkylation sites (tertiary alicyclic amines) is 2. The van der Waals surface area contributed by atoms with Gasteiger partial charge in [-0.3, -0.25) is 15.2 Å². The molecule has 3 unspecified atom stereocenters. The Balaban J connectivity index is 1.54. The third kappa shape index (κ3) is 7.68. The Morgan fingerprint density at radius 3 is 2.18 bits per heavy atom. The summed E-state index contributed by atoms with van der Waals surface area (Å²) in [5.74, 6) is -1.55. The van der Waals surface area contributed by atoms with Gasteiger partial charge in [0.25, 0.3) is 12.0 Å². The Morgan fingerprint density at radius 1 is 1.08 bits per heavy atom. The van der Waals surface area contributed by atoms with Crippen LogP contribution >= 0.6 is 0 Å². The predicted molar refractivity (Wildman–Crippen MR) is 126 cm³/mol. The number of benzene rings is 1. The lowest BCUT2D eigenvalue weighted by Gasteiger charge is -2.27. The quantitative estimate of drug-likeness (QED) is 0.364. The summed E-state index contributed by atoms with van der Waals surface area (Å²) in [5.41, 5.74) is 0.699. The lowest BCUT2D eigenvalue weighted by atomic mass is 10.0. The van der Waals surface area contributed by atoms with E-state index in [1.807, 2.05) is 42.2 Å². The molecular formula is C24H29F6N5O3. The van der Waals surface area contributed by atoms with Crippen molar-refractivity contribution in [1.29, 1.82) is 5.41 Å². The number of nitrogens with one attached hydrogen (secondary N) is 2. The molecule has 2 N–H and O–H groups in total. The molecule has 210 valence electrons. The molecule has 3 atom stereocenters. The van der Waals surface area contributed by atoms with E-state index in [1.54, 1.807) is 0 Å². The van der Waals surface area contributed by atoms with Gasteiger partial charge in [-0.15, -0.1) is 0 Å². The van der Waals surface area contributed by atoms with Gasteiger partial charge in [-0.05, 0) is 24.3 Å². The SMILES string of the molecule is CCN=CC(CN1CC2CN(C(=O)OC(C(F)(F)F)C(F)(F)F)CC2C1)C(=N)C(=O)NCc1ccccc1. The number of hydrogen-bond acceptors (Lipinski definition) is 6. The normalized spacial score (nSPS) is 21.1. The fraction of sp³-hybridized carbons (Fsp3) is 0.583. The van der Waals surface area contributed by atoms with Crippen LogP contribution in [-0.2, 0) is 16.1 Å². The van der Waals surface area contributed by atoms with Crippen molar-refractivity contribution in [3.05, 3.63) is 35.9 Å². The van der Waals surface area contributed by atoms with Crippen LogP contribution in [0.5, 0.6) is 0 Å². The Labute approximate surface area is 215 Å². The zero-order valence-electron chi connectivity index (χ0n) is 20.6. The van der Waals surface area contributed by atoms with E-state index in [1.165, 1.54) is 6.21 Å². The highest BCUT2D eigenvalue weighted by Gasteiger charge is 2.60. The molecule has 2 aliphatic heterocycles. The number of fused-ring (bicyclic) bond motifs is 1. The van der Waals surface area contributed by atoms with E-state index in [0.29, 0.717) is 19.6 Å². The molecule has 2 fully saturated rings. The highest BCUT2D eigenvalue weighted by atomic mass is 19.4. The van der Waals surface area contributed by atoms with Crippen LogP contribution in [0.4, 0.5) is 31.1 Å². The number of hydrogen-bond donors (Lipinski definition) is 2. The lowest BCUT2D eigenvalue weighted by Crippen LogP contribution is -2.48. The number of carbonyl (C=O) groups excluding carboxylic acids is 2. The summed E-state index contributed by atoms with van der Waals surface area (Å²) in [6, 6.07) is 9.20. The molecule has 0 aliphatic carbocycles. The van der Waals surface area contributed by atoms with E-state index >= 15 is 0 Å². The molecule has 2 saturated heterocycles. The molecule has 2 aliphatic rings. The number of halogens is 6. The number of nitrogens with zero attached hydrogens (tertiary/aromatic N) is 3. The van der Waals surface area contributed by atoms with Crippen molar-refractivity contribution < 1.29 is 40.7 Å². The van der Waals surface area contributed by atoms with Crippen molar-refractivity contribution in [1.82, 2.24) is 15.1 Å². The first kappa shape index (κ1) is 29.4. The van der Waals surface area contributed by atoms with E-state index in [9.17, 15) is 35.9 Å². The summed E-state index contributed by atoms with van der Waals surface area (Å²) >= 11 is 0. The molecule has 2 amide bonds. The average Bonchev–Trinajstić information content (AvgIpc) is 3.41. The van der Waals surface area contributed by atoms with Crippen molar-refractivity contribution >= 4 is 23.9 Å².